The molecule has 4 unspecified atom stereocenters. The second-order valence-electron chi connectivity index (χ2n) is 10.4. The number of nitrogens with zero attached hydrogens (tertiary/aromatic N) is 4. The first-order valence-electron chi connectivity index (χ1n) is 12.6. The first-order valence-corrected chi connectivity index (χ1v) is 14.2. The van der Waals surface area contributed by atoms with Crippen LogP contribution in [-0.2, 0) is 40.2 Å². The Kier molecular flexibility index (Phi) is 5.66. The Morgan fingerprint density at radius 3 is 2.69 bits per heavy atom. The zero-order valence-electron chi connectivity index (χ0n) is 20.2. The summed E-state index contributed by atoms with van der Waals surface area (Å²) in [6.45, 7) is 5.09. The van der Waals surface area contributed by atoms with Gasteiger partial charge in [-0.2, -0.15) is 0 Å². The van der Waals surface area contributed by atoms with Gasteiger partial charge in [0.2, 0.25) is 5.16 Å². The molecule has 1 aromatic heterocycles. The van der Waals surface area contributed by atoms with Crippen LogP contribution in [0.15, 0.2) is 42.1 Å². The van der Waals surface area contributed by atoms with E-state index in [1.165, 1.54) is 16.7 Å². The van der Waals surface area contributed by atoms with Crippen LogP contribution < -0.4 is 4.90 Å². The molecule has 35 heavy (non-hydrogen) atoms. The minimum Gasteiger partial charge on any atom is -0.445 e. The lowest BCUT2D eigenvalue weighted by Gasteiger charge is -2.43. The van der Waals surface area contributed by atoms with Crippen LogP contribution in [0.1, 0.15) is 48.1 Å². The summed E-state index contributed by atoms with van der Waals surface area (Å²) in [6, 6.07) is 9.20. The van der Waals surface area contributed by atoms with E-state index in [1.54, 1.807) is 12.3 Å². The Morgan fingerprint density at radius 2 is 1.94 bits per heavy atom. The summed E-state index contributed by atoms with van der Waals surface area (Å²) in [6.07, 6.45) is 10.2. The van der Waals surface area contributed by atoms with Gasteiger partial charge in [0, 0.05) is 42.4 Å². The number of fused-ring (bicyclic) bond motifs is 5. The molecule has 4 atom stereocenters. The molecular weight excluding hydrogens is 460 g/mol. The molecule has 1 aromatic carbocycles. The van der Waals surface area contributed by atoms with E-state index in [2.05, 4.69) is 35.7 Å². The molecule has 1 amide bonds. The molecule has 2 aliphatic carbocycles. The number of anilines is 1. The maximum atomic E-state index is 12.6. The first-order chi connectivity index (χ1) is 17.0. The predicted molar refractivity (Wildman–Crippen MR) is 135 cm³/mol. The number of aryl methyl sites for hydroxylation is 1. The van der Waals surface area contributed by atoms with Crippen molar-refractivity contribution >= 4 is 22.7 Å². The van der Waals surface area contributed by atoms with Crippen molar-refractivity contribution in [3.05, 3.63) is 59.3 Å². The fourth-order valence-corrected chi connectivity index (χ4v) is 7.29. The number of rotatable bonds is 4. The standard InChI is InChI=1S/C27H32N4O3S/c1-3-14-34-26(32)30-16-19-8-9-20(17-30)31(19)24-21-11-13-27(12-10-18-6-4-5-7-22(18)27)15-23(21)28-25(29-24)35(2)33/h3-7,19-20H,1,8-17H2,2H3. The fourth-order valence-electron chi connectivity index (χ4n) is 6.84. The highest BCUT2D eigenvalue weighted by molar-refractivity contribution is 7.84. The second kappa shape index (κ2) is 8.73. The maximum Gasteiger partial charge on any atom is 0.410 e. The van der Waals surface area contributed by atoms with E-state index in [-0.39, 0.29) is 30.2 Å². The van der Waals surface area contributed by atoms with E-state index in [1.807, 2.05) is 4.90 Å². The van der Waals surface area contributed by atoms with Crippen molar-refractivity contribution in [3.8, 4) is 0 Å². The van der Waals surface area contributed by atoms with Crippen LogP contribution in [0.4, 0.5) is 10.6 Å². The minimum absolute atomic E-state index is 0.119. The average Bonchev–Trinajstić information content (AvgIpc) is 3.34. The number of carbonyl (C=O) groups is 1. The van der Waals surface area contributed by atoms with Crippen LogP contribution in [0.2, 0.25) is 0 Å². The molecule has 8 heteroatoms. The largest absolute Gasteiger partial charge is 0.445 e. The summed E-state index contributed by atoms with van der Waals surface area (Å²) in [5.41, 5.74) is 5.33. The van der Waals surface area contributed by atoms with Gasteiger partial charge >= 0.3 is 6.09 Å². The van der Waals surface area contributed by atoms with E-state index >= 15 is 0 Å². The molecule has 2 aromatic rings. The molecule has 0 N–H and O–H groups in total. The minimum atomic E-state index is -1.26. The van der Waals surface area contributed by atoms with Gasteiger partial charge in [-0.1, -0.05) is 36.9 Å². The van der Waals surface area contributed by atoms with Crippen molar-refractivity contribution in [1.82, 2.24) is 14.9 Å². The van der Waals surface area contributed by atoms with Crippen molar-refractivity contribution < 1.29 is 13.7 Å². The predicted octanol–water partition coefficient (Wildman–Crippen LogP) is 3.56. The summed E-state index contributed by atoms with van der Waals surface area (Å²) >= 11 is 0. The third-order valence-corrected chi connectivity index (χ3v) is 9.13. The quantitative estimate of drug-likeness (QED) is 0.480. The molecule has 184 valence electrons. The molecule has 0 saturated carbocycles. The van der Waals surface area contributed by atoms with Gasteiger partial charge in [-0.25, -0.2) is 14.8 Å². The Morgan fingerprint density at radius 1 is 1.20 bits per heavy atom. The molecule has 1 spiro atoms. The highest BCUT2D eigenvalue weighted by Crippen LogP contribution is 2.49. The number of ether oxygens (including phenoxy) is 1. The van der Waals surface area contributed by atoms with Gasteiger partial charge in [0.1, 0.15) is 12.4 Å². The Balaban J connectivity index is 1.34. The van der Waals surface area contributed by atoms with Gasteiger partial charge in [-0.15, -0.1) is 0 Å². The van der Waals surface area contributed by atoms with Crippen LogP contribution in [-0.4, -0.2) is 63.2 Å². The van der Waals surface area contributed by atoms with Crippen LogP contribution in [0, 0.1) is 0 Å². The van der Waals surface area contributed by atoms with Crippen LogP contribution in [0.5, 0.6) is 0 Å². The number of benzene rings is 1. The molecule has 7 nitrogen and oxygen atoms in total. The lowest BCUT2D eigenvalue weighted by molar-refractivity contribution is 0.103. The average molecular weight is 493 g/mol. The first kappa shape index (κ1) is 22.7. The van der Waals surface area contributed by atoms with E-state index in [9.17, 15) is 9.00 Å². The van der Waals surface area contributed by atoms with Crippen LogP contribution >= 0.6 is 0 Å². The number of carbonyl (C=O) groups excluding carboxylic acids is 1. The molecule has 6 rings (SSSR count). The number of hydrogen-bond acceptors (Lipinski definition) is 6. The van der Waals surface area contributed by atoms with Gasteiger partial charge in [-0.3, -0.25) is 4.21 Å². The highest BCUT2D eigenvalue weighted by Gasteiger charge is 2.46. The van der Waals surface area contributed by atoms with E-state index in [4.69, 9.17) is 14.7 Å². The monoisotopic (exact) mass is 492 g/mol. The zero-order chi connectivity index (χ0) is 24.2. The molecule has 4 aliphatic rings. The number of piperazine rings is 1. The lowest BCUT2D eigenvalue weighted by Crippen LogP contribution is -2.56. The summed E-state index contributed by atoms with van der Waals surface area (Å²) in [5, 5.41) is 0.425. The smallest absolute Gasteiger partial charge is 0.410 e. The van der Waals surface area contributed by atoms with Gasteiger partial charge < -0.3 is 14.5 Å². The van der Waals surface area contributed by atoms with Crippen molar-refractivity contribution in [2.24, 2.45) is 0 Å². The van der Waals surface area contributed by atoms with E-state index in [0.717, 1.165) is 56.5 Å². The van der Waals surface area contributed by atoms with Crippen LogP contribution in [0.25, 0.3) is 0 Å². The SMILES string of the molecule is C=CCOC(=O)N1CC2CCC(C1)N2c1nc(S(C)=O)nc2c1CCC1(CCc3ccccc31)C2. The molecule has 2 saturated heterocycles. The molecule has 0 radical (unpaired) electrons. The van der Waals surface area contributed by atoms with Crippen molar-refractivity contribution in [2.45, 2.75) is 67.6 Å². The zero-order valence-corrected chi connectivity index (χ0v) is 21.1. The van der Waals surface area contributed by atoms with Gasteiger partial charge in [0.25, 0.3) is 0 Å². The molecule has 2 fully saturated rings. The number of aromatic nitrogens is 2. The summed E-state index contributed by atoms with van der Waals surface area (Å²) < 4.78 is 17.9. The Labute approximate surface area is 209 Å². The summed E-state index contributed by atoms with van der Waals surface area (Å²) in [7, 11) is -1.26. The maximum absolute atomic E-state index is 12.6. The summed E-state index contributed by atoms with van der Waals surface area (Å²) in [4.78, 5) is 26.5. The van der Waals surface area contributed by atoms with Gasteiger partial charge in [-0.05, 0) is 56.1 Å². The fraction of sp³-hybridized carbons (Fsp3) is 0.519. The molecule has 2 bridgehead atoms. The second-order valence-corrected chi connectivity index (χ2v) is 11.7. The van der Waals surface area contributed by atoms with Crippen molar-refractivity contribution in [3.63, 3.8) is 0 Å². The van der Waals surface area contributed by atoms with Gasteiger partial charge in [0.05, 0.1) is 16.5 Å². The third kappa shape index (κ3) is 3.77. The Bertz CT molecular complexity index is 1200. The lowest BCUT2D eigenvalue weighted by atomic mass is 9.69. The summed E-state index contributed by atoms with van der Waals surface area (Å²) in [5.74, 6) is 0.952. The van der Waals surface area contributed by atoms with E-state index < -0.39 is 10.8 Å². The van der Waals surface area contributed by atoms with Crippen molar-refractivity contribution in [2.75, 3.05) is 30.9 Å². The molecule has 3 heterocycles. The molecular formula is C27H32N4O3S. The number of likely N-dealkylation sites (tertiary alicyclic amines) is 1. The van der Waals surface area contributed by atoms with Gasteiger partial charge in [0.15, 0.2) is 0 Å². The van der Waals surface area contributed by atoms with Crippen molar-refractivity contribution in [1.29, 1.82) is 0 Å². The topological polar surface area (TPSA) is 75.6 Å². The molecule has 2 aliphatic heterocycles. The number of hydrogen-bond donors (Lipinski definition) is 0. The Hall–Kier alpha value is -2.74. The number of amides is 1. The normalized spacial score (nSPS) is 27.5. The van der Waals surface area contributed by atoms with E-state index in [0.29, 0.717) is 18.2 Å². The van der Waals surface area contributed by atoms with Crippen LogP contribution in [0.3, 0.4) is 0 Å². The highest BCUT2D eigenvalue weighted by atomic mass is 32.2. The third-order valence-electron chi connectivity index (χ3n) is 8.44.